The first-order chi connectivity index (χ1) is 13.4. The number of piperidine rings is 1. The second-order valence-electron chi connectivity index (χ2n) is 6.60. The third-order valence-corrected chi connectivity index (χ3v) is 4.65. The number of ketones is 1. The summed E-state index contributed by atoms with van der Waals surface area (Å²) in [5, 5.41) is 0. The summed E-state index contributed by atoms with van der Waals surface area (Å²) in [7, 11) is 0. The molecule has 28 heavy (non-hydrogen) atoms. The Bertz CT molecular complexity index is 708. The molecule has 8 nitrogen and oxygen atoms in total. The Morgan fingerprint density at radius 2 is 1.71 bits per heavy atom. The van der Waals surface area contributed by atoms with Gasteiger partial charge in [0.05, 0.1) is 13.0 Å². The lowest BCUT2D eigenvalue weighted by Gasteiger charge is -2.30. The highest BCUT2D eigenvalue weighted by Gasteiger charge is 2.26. The number of nitrogens with two attached hydrogens (primary N) is 1. The number of likely N-dealkylation sites (tertiary alicyclic amines) is 1. The number of primary amides is 1. The van der Waals surface area contributed by atoms with Crippen LogP contribution in [0.25, 0.3) is 0 Å². The largest absolute Gasteiger partial charge is 0.494 e. The maximum Gasteiger partial charge on any atom is 0.306 e. The predicted molar refractivity (Wildman–Crippen MR) is 101 cm³/mol. The summed E-state index contributed by atoms with van der Waals surface area (Å²) < 4.78 is 10.3. The van der Waals surface area contributed by atoms with Crippen LogP contribution in [0.15, 0.2) is 24.3 Å². The van der Waals surface area contributed by atoms with Crippen LogP contribution in [-0.2, 0) is 19.1 Å². The van der Waals surface area contributed by atoms with Gasteiger partial charge in [0.2, 0.25) is 5.91 Å². The molecule has 1 heterocycles. The fourth-order valence-electron chi connectivity index (χ4n) is 2.98. The predicted octanol–water partition coefficient (Wildman–Crippen LogP) is 1.32. The van der Waals surface area contributed by atoms with Crippen molar-refractivity contribution in [2.45, 2.75) is 32.6 Å². The topological polar surface area (TPSA) is 116 Å². The Kier molecular flexibility index (Phi) is 7.98. The van der Waals surface area contributed by atoms with Crippen LogP contribution in [0.4, 0.5) is 0 Å². The Balaban J connectivity index is 1.68. The van der Waals surface area contributed by atoms with Gasteiger partial charge in [0.15, 0.2) is 12.4 Å². The maximum atomic E-state index is 12.1. The van der Waals surface area contributed by atoms with Gasteiger partial charge in [0, 0.05) is 31.0 Å². The van der Waals surface area contributed by atoms with E-state index in [4.69, 9.17) is 15.2 Å². The summed E-state index contributed by atoms with van der Waals surface area (Å²) in [6.45, 7) is 2.89. The first-order valence-corrected chi connectivity index (χ1v) is 9.39. The number of carbonyl (C=O) groups is 4. The minimum atomic E-state index is -0.598. The van der Waals surface area contributed by atoms with Crippen molar-refractivity contribution in [2.24, 2.45) is 11.7 Å². The smallest absolute Gasteiger partial charge is 0.306 e. The Morgan fingerprint density at radius 1 is 1.07 bits per heavy atom. The maximum absolute atomic E-state index is 12.1. The summed E-state index contributed by atoms with van der Waals surface area (Å²) in [5.74, 6) is -0.971. The second kappa shape index (κ2) is 10.4. The molecule has 152 valence electrons. The number of amides is 2. The van der Waals surface area contributed by atoms with Crippen molar-refractivity contribution < 1.29 is 28.7 Å². The molecule has 0 aliphatic carbocycles. The fraction of sp³-hybridized carbons (Fsp3) is 0.500. The number of rotatable bonds is 9. The molecule has 0 spiro atoms. The molecule has 8 heteroatoms. The Hall–Kier alpha value is -2.90. The molecule has 1 aromatic rings. The highest BCUT2D eigenvalue weighted by atomic mass is 16.5. The van der Waals surface area contributed by atoms with Crippen LogP contribution in [0.2, 0.25) is 0 Å². The van der Waals surface area contributed by atoms with Crippen LogP contribution in [-0.4, -0.2) is 54.8 Å². The quantitative estimate of drug-likeness (QED) is 0.502. The third kappa shape index (κ3) is 6.37. The highest BCUT2D eigenvalue weighted by molar-refractivity contribution is 5.97. The SMILES string of the molecule is CCOc1ccc(C(=O)CCC(=O)OCC(=O)N2CCC(C(N)=O)CC2)cc1. The van der Waals surface area contributed by atoms with E-state index in [0.717, 1.165) is 0 Å². The monoisotopic (exact) mass is 390 g/mol. The first kappa shape index (κ1) is 21.4. The van der Waals surface area contributed by atoms with Crippen LogP contribution in [0.1, 0.15) is 43.0 Å². The van der Waals surface area contributed by atoms with Crippen molar-refractivity contribution >= 4 is 23.6 Å². The lowest BCUT2D eigenvalue weighted by Crippen LogP contribution is -2.43. The molecule has 0 radical (unpaired) electrons. The molecule has 0 unspecified atom stereocenters. The minimum absolute atomic E-state index is 0.00497. The number of Topliss-reactive ketones (excluding diaryl/α,β-unsaturated/α-hetero) is 1. The number of carbonyl (C=O) groups excluding carboxylic acids is 4. The van der Waals surface area contributed by atoms with Gasteiger partial charge in [-0.25, -0.2) is 0 Å². The van der Waals surface area contributed by atoms with Gasteiger partial charge in [0.25, 0.3) is 5.91 Å². The standard InChI is InChI=1S/C20H26N2O6/c1-2-27-16-5-3-14(4-6-16)17(23)7-8-19(25)28-13-18(24)22-11-9-15(10-12-22)20(21)26/h3-6,15H,2,7-13H2,1H3,(H2,21,26). The average molecular weight is 390 g/mol. The van der Waals surface area contributed by atoms with Crippen molar-refractivity contribution in [2.75, 3.05) is 26.3 Å². The van der Waals surface area contributed by atoms with Crippen LogP contribution in [0.5, 0.6) is 5.75 Å². The van der Waals surface area contributed by atoms with Crippen molar-refractivity contribution in [1.29, 1.82) is 0 Å². The molecule has 0 saturated carbocycles. The van der Waals surface area contributed by atoms with Gasteiger partial charge in [-0.1, -0.05) is 0 Å². The summed E-state index contributed by atoms with van der Waals surface area (Å²) in [4.78, 5) is 48.7. The molecule has 0 aromatic heterocycles. The molecule has 2 amide bonds. The van der Waals surface area contributed by atoms with E-state index < -0.39 is 5.97 Å². The minimum Gasteiger partial charge on any atom is -0.494 e. The molecule has 1 fully saturated rings. The Labute approximate surface area is 164 Å². The number of benzene rings is 1. The normalized spacial score (nSPS) is 14.4. The zero-order chi connectivity index (χ0) is 20.5. The summed E-state index contributed by atoms with van der Waals surface area (Å²) >= 11 is 0. The van der Waals surface area contributed by atoms with E-state index in [-0.39, 0.29) is 43.0 Å². The number of hydrogen-bond donors (Lipinski definition) is 1. The van der Waals surface area contributed by atoms with Crippen LogP contribution < -0.4 is 10.5 Å². The van der Waals surface area contributed by atoms with Gasteiger partial charge in [0.1, 0.15) is 5.75 Å². The van der Waals surface area contributed by atoms with Crippen LogP contribution >= 0.6 is 0 Å². The second-order valence-corrected chi connectivity index (χ2v) is 6.60. The molecule has 0 atom stereocenters. The summed E-state index contributed by atoms with van der Waals surface area (Å²) in [6.07, 6.45) is 0.950. The van der Waals surface area contributed by atoms with Gasteiger partial charge >= 0.3 is 5.97 Å². The molecule has 2 N–H and O–H groups in total. The number of esters is 1. The van der Waals surface area contributed by atoms with E-state index in [1.807, 2.05) is 6.92 Å². The lowest BCUT2D eigenvalue weighted by molar-refractivity contribution is -0.152. The van der Waals surface area contributed by atoms with E-state index in [0.29, 0.717) is 43.9 Å². The molecule has 1 saturated heterocycles. The molecule has 0 bridgehead atoms. The molecule has 1 aliphatic rings. The zero-order valence-electron chi connectivity index (χ0n) is 16.0. The third-order valence-electron chi connectivity index (χ3n) is 4.65. The van der Waals surface area contributed by atoms with Crippen molar-refractivity contribution in [1.82, 2.24) is 4.90 Å². The molecule has 1 aliphatic heterocycles. The highest BCUT2D eigenvalue weighted by Crippen LogP contribution is 2.17. The van der Waals surface area contributed by atoms with Crippen molar-refractivity contribution in [3.05, 3.63) is 29.8 Å². The van der Waals surface area contributed by atoms with Crippen LogP contribution in [0.3, 0.4) is 0 Å². The summed E-state index contributed by atoms with van der Waals surface area (Å²) in [5.41, 5.74) is 5.75. The van der Waals surface area contributed by atoms with E-state index in [1.165, 1.54) is 0 Å². The molecular formula is C20H26N2O6. The van der Waals surface area contributed by atoms with Crippen LogP contribution in [0, 0.1) is 5.92 Å². The number of nitrogens with zero attached hydrogens (tertiary/aromatic N) is 1. The van der Waals surface area contributed by atoms with E-state index >= 15 is 0 Å². The van der Waals surface area contributed by atoms with Crippen molar-refractivity contribution in [3.8, 4) is 5.75 Å². The molecule has 1 aromatic carbocycles. The summed E-state index contributed by atoms with van der Waals surface area (Å²) in [6, 6.07) is 6.71. The first-order valence-electron chi connectivity index (χ1n) is 9.39. The fourth-order valence-corrected chi connectivity index (χ4v) is 2.98. The van der Waals surface area contributed by atoms with E-state index in [1.54, 1.807) is 29.2 Å². The Morgan fingerprint density at radius 3 is 2.29 bits per heavy atom. The van der Waals surface area contributed by atoms with Gasteiger partial charge in [-0.05, 0) is 44.0 Å². The van der Waals surface area contributed by atoms with Gasteiger partial charge in [-0.2, -0.15) is 0 Å². The van der Waals surface area contributed by atoms with Gasteiger partial charge in [-0.3, -0.25) is 19.2 Å². The average Bonchev–Trinajstić information content (AvgIpc) is 2.71. The number of hydrogen-bond acceptors (Lipinski definition) is 6. The number of ether oxygens (including phenoxy) is 2. The van der Waals surface area contributed by atoms with Gasteiger partial charge in [-0.15, -0.1) is 0 Å². The van der Waals surface area contributed by atoms with E-state index in [2.05, 4.69) is 0 Å². The molecule has 2 rings (SSSR count). The van der Waals surface area contributed by atoms with Gasteiger partial charge < -0.3 is 20.1 Å². The van der Waals surface area contributed by atoms with Crippen molar-refractivity contribution in [3.63, 3.8) is 0 Å². The molecular weight excluding hydrogens is 364 g/mol. The lowest BCUT2D eigenvalue weighted by atomic mass is 9.96. The van der Waals surface area contributed by atoms with E-state index in [9.17, 15) is 19.2 Å². The zero-order valence-corrected chi connectivity index (χ0v) is 16.0.